The lowest BCUT2D eigenvalue weighted by Gasteiger charge is -2.36. The number of carbonyl (C=O) groups is 2. The highest BCUT2D eigenvalue weighted by molar-refractivity contribution is 5.98. The van der Waals surface area contributed by atoms with Gasteiger partial charge in [0.15, 0.2) is 5.78 Å². The number of hydrogen-bond donors (Lipinski definition) is 0. The van der Waals surface area contributed by atoms with E-state index in [0.29, 0.717) is 25.3 Å². The van der Waals surface area contributed by atoms with Crippen LogP contribution in [0.25, 0.3) is 0 Å². The molecular formula is C21H25N3O3. The summed E-state index contributed by atoms with van der Waals surface area (Å²) in [6, 6.07) is 11.0. The largest absolute Gasteiger partial charge is 0.494 e. The van der Waals surface area contributed by atoms with Gasteiger partial charge in [0.05, 0.1) is 6.61 Å². The van der Waals surface area contributed by atoms with Crippen LogP contribution >= 0.6 is 0 Å². The highest BCUT2D eigenvalue weighted by atomic mass is 16.5. The average molecular weight is 367 g/mol. The van der Waals surface area contributed by atoms with Crippen molar-refractivity contribution in [3.63, 3.8) is 0 Å². The predicted octanol–water partition coefficient (Wildman–Crippen LogP) is 2.79. The van der Waals surface area contributed by atoms with E-state index in [9.17, 15) is 9.59 Å². The number of ketones is 1. The molecule has 1 aliphatic rings. The summed E-state index contributed by atoms with van der Waals surface area (Å²) in [5.74, 6) is 0.780. The fraction of sp³-hybridized carbons (Fsp3) is 0.381. The van der Waals surface area contributed by atoms with Crippen molar-refractivity contribution in [1.82, 2.24) is 9.88 Å². The number of carbonyl (C=O) groups excluding carboxylic acids is 2. The first-order chi connectivity index (χ1) is 13.2. The number of piperazine rings is 1. The lowest BCUT2D eigenvalue weighted by atomic mass is 10.1. The normalized spacial score (nSPS) is 14.1. The second-order valence-electron chi connectivity index (χ2n) is 6.45. The molecule has 0 atom stereocenters. The molecule has 1 aliphatic heterocycles. The minimum atomic E-state index is -0.0122. The first-order valence-electron chi connectivity index (χ1n) is 9.36. The van der Waals surface area contributed by atoms with Crippen molar-refractivity contribution in [3.05, 3.63) is 54.4 Å². The number of nitrogens with zero attached hydrogens (tertiary/aromatic N) is 3. The molecule has 27 heavy (non-hydrogen) atoms. The maximum absolute atomic E-state index is 12.4. The first-order valence-corrected chi connectivity index (χ1v) is 9.36. The van der Waals surface area contributed by atoms with Gasteiger partial charge in [0, 0.05) is 62.7 Å². The lowest BCUT2D eigenvalue weighted by molar-refractivity contribution is -0.131. The van der Waals surface area contributed by atoms with E-state index in [0.717, 1.165) is 24.5 Å². The molecule has 0 saturated carbocycles. The zero-order chi connectivity index (χ0) is 19.1. The number of anilines is 1. The van der Waals surface area contributed by atoms with Crippen LogP contribution in [0, 0.1) is 0 Å². The van der Waals surface area contributed by atoms with Crippen molar-refractivity contribution in [3.8, 4) is 5.75 Å². The van der Waals surface area contributed by atoms with Crippen LogP contribution in [0.3, 0.4) is 0 Å². The molecule has 1 aromatic carbocycles. The third-order valence-corrected chi connectivity index (χ3v) is 4.71. The van der Waals surface area contributed by atoms with E-state index in [1.807, 2.05) is 24.0 Å². The summed E-state index contributed by atoms with van der Waals surface area (Å²) in [5.41, 5.74) is 1.75. The van der Waals surface area contributed by atoms with Crippen LogP contribution < -0.4 is 9.64 Å². The highest BCUT2D eigenvalue weighted by Gasteiger charge is 2.21. The minimum Gasteiger partial charge on any atom is -0.494 e. The first kappa shape index (κ1) is 18.9. The summed E-state index contributed by atoms with van der Waals surface area (Å²) in [5, 5.41) is 0. The van der Waals surface area contributed by atoms with Gasteiger partial charge in [-0.3, -0.25) is 14.6 Å². The smallest absolute Gasteiger partial charge is 0.223 e. The Kier molecular flexibility index (Phi) is 6.41. The molecule has 2 heterocycles. The Labute approximate surface area is 159 Å². The number of hydrogen-bond acceptors (Lipinski definition) is 5. The van der Waals surface area contributed by atoms with Gasteiger partial charge < -0.3 is 14.5 Å². The lowest BCUT2D eigenvalue weighted by Crippen LogP contribution is -2.48. The maximum atomic E-state index is 12.4. The summed E-state index contributed by atoms with van der Waals surface area (Å²) in [6.07, 6.45) is 4.04. The van der Waals surface area contributed by atoms with E-state index in [2.05, 4.69) is 9.88 Å². The predicted molar refractivity (Wildman–Crippen MR) is 104 cm³/mol. The fourth-order valence-corrected chi connectivity index (χ4v) is 3.20. The van der Waals surface area contributed by atoms with Crippen molar-refractivity contribution >= 4 is 17.4 Å². The molecule has 0 bridgehead atoms. The molecule has 1 amide bonds. The van der Waals surface area contributed by atoms with Crippen LogP contribution in [0.5, 0.6) is 5.75 Å². The summed E-state index contributed by atoms with van der Waals surface area (Å²) >= 11 is 0. The molecule has 6 nitrogen and oxygen atoms in total. The molecule has 1 aromatic heterocycles. The van der Waals surface area contributed by atoms with Gasteiger partial charge in [0.2, 0.25) is 5.91 Å². The number of pyridine rings is 1. The fourth-order valence-electron chi connectivity index (χ4n) is 3.20. The molecule has 6 heteroatoms. The van der Waals surface area contributed by atoms with Crippen molar-refractivity contribution in [2.75, 3.05) is 37.7 Å². The Morgan fingerprint density at radius 2 is 1.63 bits per heavy atom. The Morgan fingerprint density at radius 1 is 0.963 bits per heavy atom. The van der Waals surface area contributed by atoms with Crippen LogP contribution in [-0.4, -0.2) is 54.4 Å². The number of ether oxygens (including phenoxy) is 1. The van der Waals surface area contributed by atoms with Crippen LogP contribution in [0.2, 0.25) is 0 Å². The highest BCUT2D eigenvalue weighted by Crippen LogP contribution is 2.17. The molecule has 2 aromatic rings. The Bertz CT molecular complexity index is 754. The second kappa shape index (κ2) is 9.16. The van der Waals surface area contributed by atoms with Crippen molar-refractivity contribution in [2.45, 2.75) is 19.8 Å². The molecule has 1 fully saturated rings. The van der Waals surface area contributed by atoms with Gasteiger partial charge in [0.25, 0.3) is 0 Å². The van der Waals surface area contributed by atoms with Crippen LogP contribution in [-0.2, 0) is 4.79 Å². The summed E-state index contributed by atoms with van der Waals surface area (Å²) in [4.78, 5) is 32.9. The topological polar surface area (TPSA) is 62.7 Å². The monoisotopic (exact) mass is 367 g/mol. The number of aromatic nitrogens is 1. The van der Waals surface area contributed by atoms with Gasteiger partial charge in [0.1, 0.15) is 5.75 Å². The zero-order valence-electron chi connectivity index (χ0n) is 15.6. The van der Waals surface area contributed by atoms with Gasteiger partial charge in [-0.05, 0) is 43.3 Å². The van der Waals surface area contributed by atoms with Gasteiger partial charge >= 0.3 is 0 Å². The van der Waals surface area contributed by atoms with E-state index in [-0.39, 0.29) is 24.5 Å². The van der Waals surface area contributed by atoms with E-state index in [4.69, 9.17) is 4.74 Å². The van der Waals surface area contributed by atoms with Crippen LogP contribution in [0.15, 0.2) is 48.8 Å². The average Bonchev–Trinajstić information content (AvgIpc) is 2.73. The number of benzene rings is 1. The third kappa shape index (κ3) is 5.06. The van der Waals surface area contributed by atoms with E-state index < -0.39 is 0 Å². The molecule has 0 radical (unpaired) electrons. The number of amides is 1. The quantitative estimate of drug-likeness (QED) is 0.704. The summed E-state index contributed by atoms with van der Waals surface area (Å²) in [6.45, 7) is 5.46. The Morgan fingerprint density at radius 3 is 2.26 bits per heavy atom. The molecule has 142 valence electrons. The zero-order valence-corrected chi connectivity index (χ0v) is 15.6. The second-order valence-corrected chi connectivity index (χ2v) is 6.45. The minimum absolute atomic E-state index is 0.0122. The standard InChI is InChI=1S/C21H25N3O3/c1-2-27-19-5-3-17(4-6-19)20(25)7-8-21(26)24-15-13-23(14-16-24)18-9-11-22-12-10-18/h3-6,9-12H,2,7-8,13-16H2,1H3. The van der Waals surface area contributed by atoms with Gasteiger partial charge in [-0.15, -0.1) is 0 Å². The van der Waals surface area contributed by atoms with Crippen molar-refractivity contribution in [2.24, 2.45) is 0 Å². The summed E-state index contributed by atoms with van der Waals surface area (Å²) < 4.78 is 5.38. The van der Waals surface area contributed by atoms with Gasteiger partial charge in [-0.1, -0.05) is 0 Å². The van der Waals surface area contributed by atoms with Gasteiger partial charge in [-0.2, -0.15) is 0 Å². The third-order valence-electron chi connectivity index (χ3n) is 4.71. The van der Waals surface area contributed by atoms with E-state index in [1.165, 1.54) is 0 Å². The molecule has 0 unspecified atom stereocenters. The molecule has 1 saturated heterocycles. The SMILES string of the molecule is CCOc1ccc(C(=O)CCC(=O)N2CCN(c3ccncc3)CC2)cc1. The molecule has 0 N–H and O–H groups in total. The Balaban J connectivity index is 1.45. The van der Waals surface area contributed by atoms with E-state index in [1.54, 1.807) is 36.7 Å². The van der Waals surface area contributed by atoms with Gasteiger partial charge in [-0.25, -0.2) is 0 Å². The maximum Gasteiger partial charge on any atom is 0.223 e. The van der Waals surface area contributed by atoms with Crippen LogP contribution in [0.4, 0.5) is 5.69 Å². The molecule has 0 spiro atoms. The van der Waals surface area contributed by atoms with Crippen LogP contribution in [0.1, 0.15) is 30.1 Å². The number of Topliss-reactive ketones (excluding diaryl/α,β-unsaturated/α-hetero) is 1. The molecule has 3 rings (SSSR count). The molecular weight excluding hydrogens is 342 g/mol. The van der Waals surface area contributed by atoms with Crippen molar-refractivity contribution < 1.29 is 14.3 Å². The number of rotatable bonds is 7. The summed E-state index contributed by atoms with van der Waals surface area (Å²) in [7, 11) is 0. The molecule has 0 aliphatic carbocycles. The van der Waals surface area contributed by atoms with E-state index >= 15 is 0 Å². The van der Waals surface area contributed by atoms with Crippen molar-refractivity contribution in [1.29, 1.82) is 0 Å². The Hall–Kier alpha value is -2.89.